The van der Waals surface area contributed by atoms with Crippen molar-refractivity contribution in [2.75, 3.05) is 4.90 Å². The van der Waals surface area contributed by atoms with Crippen molar-refractivity contribution in [2.24, 2.45) is 11.8 Å². The van der Waals surface area contributed by atoms with E-state index in [0.717, 1.165) is 47.7 Å². The van der Waals surface area contributed by atoms with Gasteiger partial charge in [-0.3, -0.25) is 9.78 Å². The normalized spacial score (nSPS) is 21.0. The SMILES string of the molecule is Cc1nc(-c2cnn(C(C)(F)F)c2)ccc1[C@@H]1C(C2CC2)C(=O)N1c1ccc2[nH]cnc2c1. The van der Waals surface area contributed by atoms with Gasteiger partial charge < -0.3 is 9.88 Å². The summed E-state index contributed by atoms with van der Waals surface area (Å²) in [6.07, 6.45) is 6.46. The molecule has 2 aliphatic rings. The lowest BCUT2D eigenvalue weighted by atomic mass is 9.78. The molecule has 33 heavy (non-hydrogen) atoms. The number of nitrogens with one attached hydrogen (secondary N) is 1. The van der Waals surface area contributed by atoms with Crippen molar-refractivity contribution in [1.29, 1.82) is 0 Å². The van der Waals surface area contributed by atoms with E-state index in [4.69, 9.17) is 4.98 Å². The number of pyridine rings is 1. The van der Waals surface area contributed by atoms with Crippen LogP contribution in [0.2, 0.25) is 0 Å². The third-order valence-electron chi connectivity index (χ3n) is 6.68. The van der Waals surface area contributed by atoms with Gasteiger partial charge in [0.25, 0.3) is 0 Å². The minimum atomic E-state index is -3.08. The van der Waals surface area contributed by atoms with Crippen molar-refractivity contribution in [3.8, 4) is 11.3 Å². The van der Waals surface area contributed by atoms with Crippen molar-refractivity contribution in [2.45, 2.75) is 38.8 Å². The number of β-lactam (4-membered cyclic amide) rings is 1. The van der Waals surface area contributed by atoms with E-state index in [0.29, 0.717) is 21.9 Å². The maximum Gasteiger partial charge on any atom is 0.340 e. The molecule has 0 bridgehead atoms. The van der Waals surface area contributed by atoms with Crippen molar-refractivity contribution in [3.05, 3.63) is 60.3 Å². The molecule has 2 atom stereocenters. The first-order valence-electron chi connectivity index (χ1n) is 11.0. The standard InChI is InChI=1S/C24H22F2N6O/c1-13-17(6-8-18(30-13)15-10-29-31(11-15)24(2,25)26)22-21(14-3-4-14)23(33)32(22)16-5-7-19-20(9-16)28-12-27-19/h5-12,14,21-22H,3-4H2,1-2H3,(H,27,28)/t21?,22-/m1/s1. The van der Waals surface area contributed by atoms with Crippen molar-refractivity contribution < 1.29 is 13.6 Å². The van der Waals surface area contributed by atoms with Crippen LogP contribution in [0, 0.1) is 18.8 Å². The van der Waals surface area contributed by atoms with E-state index in [9.17, 15) is 13.6 Å². The Balaban J connectivity index is 1.37. The predicted molar refractivity (Wildman–Crippen MR) is 119 cm³/mol. The van der Waals surface area contributed by atoms with E-state index in [2.05, 4.69) is 15.1 Å². The molecule has 168 valence electrons. The lowest BCUT2D eigenvalue weighted by molar-refractivity contribution is -0.131. The Hall–Kier alpha value is -3.62. The first-order chi connectivity index (χ1) is 15.8. The molecule has 4 heterocycles. The minimum absolute atomic E-state index is 0.0623. The molecule has 7 nitrogen and oxygen atoms in total. The molecule has 3 aromatic heterocycles. The largest absolute Gasteiger partial charge is 0.345 e. The molecule has 2 fully saturated rings. The number of aryl methyl sites for hydroxylation is 1. The molecule has 1 N–H and O–H groups in total. The second kappa shape index (κ2) is 6.94. The number of carbonyl (C=O) groups excluding carboxylic acids is 1. The third-order valence-corrected chi connectivity index (χ3v) is 6.68. The first-order valence-corrected chi connectivity index (χ1v) is 11.0. The average molecular weight is 448 g/mol. The summed E-state index contributed by atoms with van der Waals surface area (Å²) in [4.78, 5) is 27.1. The molecular formula is C24H22F2N6O. The average Bonchev–Trinajstić information content (AvgIpc) is 3.25. The van der Waals surface area contributed by atoms with Crippen LogP contribution in [-0.2, 0) is 10.8 Å². The summed E-state index contributed by atoms with van der Waals surface area (Å²) in [5.74, 6) is 0.469. The fourth-order valence-corrected chi connectivity index (χ4v) is 4.83. The van der Waals surface area contributed by atoms with Crippen LogP contribution in [0.4, 0.5) is 14.5 Å². The van der Waals surface area contributed by atoms with Crippen LogP contribution in [0.1, 0.15) is 37.1 Å². The Bertz CT molecular complexity index is 1380. The number of carbonyl (C=O) groups is 1. The number of hydrogen-bond acceptors (Lipinski definition) is 4. The molecule has 1 aromatic carbocycles. The van der Waals surface area contributed by atoms with Crippen LogP contribution in [0.25, 0.3) is 22.3 Å². The highest BCUT2D eigenvalue weighted by Gasteiger charge is 2.55. The van der Waals surface area contributed by atoms with E-state index in [-0.39, 0.29) is 17.9 Å². The number of aromatic amines is 1. The highest BCUT2D eigenvalue weighted by Crippen LogP contribution is 2.54. The smallest absolute Gasteiger partial charge is 0.340 e. The highest BCUT2D eigenvalue weighted by molar-refractivity contribution is 6.04. The van der Waals surface area contributed by atoms with Crippen LogP contribution in [-0.4, -0.2) is 30.6 Å². The monoisotopic (exact) mass is 448 g/mol. The van der Waals surface area contributed by atoms with E-state index in [1.54, 1.807) is 6.33 Å². The molecule has 6 rings (SSSR count). The zero-order valence-corrected chi connectivity index (χ0v) is 18.2. The first kappa shape index (κ1) is 20.0. The topological polar surface area (TPSA) is 79.7 Å². The number of imidazole rings is 1. The van der Waals surface area contributed by atoms with Crippen molar-refractivity contribution in [1.82, 2.24) is 24.7 Å². The fraction of sp³-hybridized carbons (Fsp3) is 0.333. The predicted octanol–water partition coefficient (Wildman–Crippen LogP) is 4.81. The molecule has 1 amide bonds. The van der Waals surface area contributed by atoms with Gasteiger partial charge in [-0.2, -0.15) is 13.9 Å². The van der Waals surface area contributed by atoms with Gasteiger partial charge in [-0.1, -0.05) is 6.07 Å². The second-order valence-corrected chi connectivity index (χ2v) is 9.01. The van der Waals surface area contributed by atoms with Crippen LogP contribution >= 0.6 is 0 Å². The number of H-pyrrole nitrogens is 1. The Morgan fingerprint density at radius 2 is 2.00 bits per heavy atom. The second-order valence-electron chi connectivity index (χ2n) is 9.01. The van der Waals surface area contributed by atoms with Crippen LogP contribution in [0.3, 0.4) is 0 Å². The lowest BCUT2D eigenvalue weighted by Crippen LogP contribution is -2.56. The van der Waals surface area contributed by atoms with Gasteiger partial charge in [0.05, 0.1) is 41.2 Å². The van der Waals surface area contributed by atoms with E-state index >= 15 is 0 Å². The quantitative estimate of drug-likeness (QED) is 0.444. The van der Waals surface area contributed by atoms with Crippen molar-refractivity contribution in [3.63, 3.8) is 0 Å². The van der Waals surface area contributed by atoms with Gasteiger partial charge in [0.15, 0.2) is 0 Å². The van der Waals surface area contributed by atoms with Gasteiger partial charge in [0.2, 0.25) is 5.91 Å². The van der Waals surface area contributed by atoms with Crippen LogP contribution in [0.15, 0.2) is 49.1 Å². The van der Waals surface area contributed by atoms with Gasteiger partial charge in [-0.05, 0) is 55.5 Å². The van der Waals surface area contributed by atoms with Gasteiger partial charge in [-0.25, -0.2) is 9.67 Å². The Morgan fingerprint density at radius 1 is 1.18 bits per heavy atom. The molecule has 0 radical (unpaired) electrons. The number of nitrogens with zero attached hydrogens (tertiary/aromatic N) is 5. The Morgan fingerprint density at radius 3 is 2.70 bits per heavy atom. The van der Waals surface area contributed by atoms with E-state index in [1.165, 1.54) is 12.4 Å². The van der Waals surface area contributed by atoms with Gasteiger partial charge in [0, 0.05) is 30.1 Å². The summed E-state index contributed by atoms with van der Waals surface area (Å²) in [7, 11) is 0. The van der Waals surface area contributed by atoms with Gasteiger partial charge in [-0.15, -0.1) is 0 Å². The summed E-state index contributed by atoms with van der Waals surface area (Å²) in [6.45, 7) is 2.70. The summed E-state index contributed by atoms with van der Waals surface area (Å²) in [5, 5.41) is 3.77. The molecule has 9 heteroatoms. The summed E-state index contributed by atoms with van der Waals surface area (Å²) < 4.78 is 27.8. The Kier molecular flexibility index (Phi) is 4.21. The molecular weight excluding hydrogens is 426 g/mol. The van der Waals surface area contributed by atoms with E-state index in [1.807, 2.05) is 42.2 Å². The van der Waals surface area contributed by atoms with E-state index < -0.39 is 6.05 Å². The number of rotatable bonds is 5. The molecule has 1 unspecified atom stereocenters. The van der Waals surface area contributed by atoms with Gasteiger partial charge >= 0.3 is 6.05 Å². The summed E-state index contributed by atoms with van der Waals surface area (Å²) in [5.41, 5.74) is 5.39. The fourth-order valence-electron chi connectivity index (χ4n) is 4.83. The van der Waals surface area contributed by atoms with Gasteiger partial charge in [0.1, 0.15) is 0 Å². The third kappa shape index (κ3) is 3.21. The van der Waals surface area contributed by atoms with Crippen LogP contribution in [0.5, 0.6) is 0 Å². The minimum Gasteiger partial charge on any atom is -0.345 e. The number of benzene rings is 1. The summed E-state index contributed by atoms with van der Waals surface area (Å²) >= 11 is 0. The molecule has 0 spiro atoms. The number of hydrogen-bond donors (Lipinski definition) is 1. The Labute approximate surface area is 188 Å². The molecule has 4 aromatic rings. The number of alkyl halides is 2. The molecule has 1 aliphatic heterocycles. The number of anilines is 1. The number of amides is 1. The number of halogens is 2. The van der Waals surface area contributed by atoms with Crippen LogP contribution < -0.4 is 4.90 Å². The lowest BCUT2D eigenvalue weighted by Gasteiger charge is -2.48. The number of fused-ring (bicyclic) bond motifs is 1. The highest BCUT2D eigenvalue weighted by atomic mass is 19.3. The zero-order valence-electron chi connectivity index (χ0n) is 18.2. The molecule has 1 aliphatic carbocycles. The maximum atomic E-state index is 13.6. The maximum absolute atomic E-state index is 13.6. The number of aromatic nitrogens is 5. The van der Waals surface area contributed by atoms with Crippen molar-refractivity contribution >= 4 is 22.6 Å². The molecule has 1 saturated carbocycles. The zero-order chi connectivity index (χ0) is 22.9. The summed E-state index contributed by atoms with van der Waals surface area (Å²) in [6, 6.07) is 6.40. The molecule has 1 saturated heterocycles.